The van der Waals surface area contributed by atoms with Gasteiger partial charge >= 0.3 is 5.97 Å². The molecule has 0 bridgehead atoms. The summed E-state index contributed by atoms with van der Waals surface area (Å²) in [5, 5.41) is 1.07. The molecule has 0 aliphatic carbocycles. The van der Waals surface area contributed by atoms with Gasteiger partial charge in [0.25, 0.3) is 0 Å². The summed E-state index contributed by atoms with van der Waals surface area (Å²) in [7, 11) is 1.31. The summed E-state index contributed by atoms with van der Waals surface area (Å²) in [6.07, 6.45) is 2.81. The van der Waals surface area contributed by atoms with E-state index in [1.807, 2.05) is 0 Å². The number of hydrogen-bond donors (Lipinski definition) is 0. The second-order valence-electron chi connectivity index (χ2n) is 3.72. The fourth-order valence-electron chi connectivity index (χ4n) is 1.51. The van der Waals surface area contributed by atoms with Gasteiger partial charge in [-0.25, -0.2) is 4.79 Å². The Labute approximate surface area is 120 Å². The molecule has 19 heavy (non-hydrogen) atoms. The molecule has 0 radical (unpaired) electrons. The molecular weight excluding hydrogens is 287 g/mol. The summed E-state index contributed by atoms with van der Waals surface area (Å²) < 4.78 is 10.1. The number of hydrogen-bond acceptors (Lipinski definition) is 3. The molecule has 2 aromatic rings. The van der Waals surface area contributed by atoms with Crippen LogP contribution in [0.4, 0.5) is 0 Å². The number of carbonyl (C=O) groups excluding carboxylic acids is 1. The molecule has 0 saturated heterocycles. The van der Waals surface area contributed by atoms with E-state index in [-0.39, 0.29) is 0 Å². The lowest BCUT2D eigenvalue weighted by Gasteiger charge is -1.99. The monoisotopic (exact) mass is 296 g/mol. The van der Waals surface area contributed by atoms with Crippen molar-refractivity contribution >= 4 is 35.2 Å². The Balaban J connectivity index is 2.25. The molecule has 0 amide bonds. The first kappa shape index (κ1) is 13.7. The number of benzene rings is 1. The highest BCUT2D eigenvalue weighted by atomic mass is 35.5. The molecule has 0 atom stereocenters. The van der Waals surface area contributed by atoms with Gasteiger partial charge < -0.3 is 9.15 Å². The van der Waals surface area contributed by atoms with Crippen LogP contribution in [-0.2, 0) is 9.53 Å². The Morgan fingerprint density at radius 3 is 2.53 bits per heavy atom. The van der Waals surface area contributed by atoms with Crippen molar-refractivity contribution < 1.29 is 13.9 Å². The normalized spacial score (nSPS) is 10.9. The van der Waals surface area contributed by atoms with E-state index in [2.05, 4.69) is 4.74 Å². The Bertz CT molecular complexity index is 609. The largest absolute Gasteiger partial charge is 0.466 e. The van der Waals surface area contributed by atoms with Gasteiger partial charge in [0.05, 0.1) is 7.11 Å². The third-order valence-electron chi connectivity index (χ3n) is 2.36. The fraction of sp³-hybridized carbons (Fsp3) is 0.0714. The number of ether oxygens (including phenoxy) is 1. The molecule has 2 rings (SSSR count). The van der Waals surface area contributed by atoms with Crippen LogP contribution in [0.5, 0.6) is 0 Å². The summed E-state index contributed by atoms with van der Waals surface area (Å²) >= 11 is 11.9. The van der Waals surface area contributed by atoms with E-state index in [9.17, 15) is 4.79 Å². The van der Waals surface area contributed by atoms with Crippen LogP contribution in [0.2, 0.25) is 10.0 Å². The number of furan rings is 1. The average molecular weight is 297 g/mol. The maximum atomic E-state index is 11.0. The number of carbonyl (C=O) groups is 1. The second kappa shape index (κ2) is 5.95. The Kier molecular flexibility index (Phi) is 4.30. The molecule has 0 spiro atoms. The molecule has 5 heteroatoms. The molecule has 98 valence electrons. The highest BCUT2D eigenvalue weighted by Crippen LogP contribution is 2.28. The maximum Gasteiger partial charge on any atom is 0.330 e. The molecule has 1 heterocycles. The minimum Gasteiger partial charge on any atom is -0.466 e. The standard InChI is InChI=1S/C14H10Cl2O3/c1-18-14(17)5-3-12-2-4-13(19-12)9-6-10(15)8-11(16)7-9/h2-8H,1H3/b5-3+. The fourth-order valence-corrected chi connectivity index (χ4v) is 2.04. The zero-order valence-electron chi connectivity index (χ0n) is 10.0. The van der Waals surface area contributed by atoms with Crippen LogP contribution < -0.4 is 0 Å². The van der Waals surface area contributed by atoms with Gasteiger partial charge in [-0.05, 0) is 36.4 Å². The lowest BCUT2D eigenvalue weighted by Crippen LogP contribution is -1.92. The van der Waals surface area contributed by atoms with E-state index in [1.165, 1.54) is 19.3 Å². The van der Waals surface area contributed by atoms with Crippen LogP contribution in [-0.4, -0.2) is 13.1 Å². The summed E-state index contributed by atoms with van der Waals surface area (Å²) in [4.78, 5) is 11.0. The molecule has 0 fully saturated rings. The number of methoxy groups -OCH3 is 1. The van der Waals surface area contributed by atoms with Gasteiger partial charge in [-0.15, -0.1) is 0 Å². The smallest absolute Gasteiger partial charge is 0.330 e. The van der Waals surface area contributed by atoms with Gasteiger partial charge in [0.1, 0.15) is 11.5 Å². The van der Waals surface area contributed by atoms with Crippen LogP contribution >= 0.6 is 23.2 Å². The van der Waals surface area contributed by atoms with Gasteiger partial charge in [0.2, 0.25) is 0 Å². The van der Waals surface area contributed by atoms with Crippen molar-refractivity contribution in [3.05, 3.63) is 52.2 Å². The number of halogens is 2. The number of rotatable bonds is 3. The van der Waals surface area contributed by atoms with Crippen molar-refractivity contribution in [1.82, 2.24) is 0 Å². The third kappa shape index (κ3) is 3.63. The van der Waals surface area contributed by atoms with Crippen LogP contribution in [0.25, 0.3) is 17.4 Å². The van der Waals surface area contributed by atoms with E-state index in [0.717, 1.165) is 5.56 Å². The summed E-state index contributed by atoms with van der Waals surface area (Å²) in [5.74, 6) is 0.717. The van der Waals surface area contributed by atoms with Crippen LogP contribution in [0.1, 0.15) is 5.76 Å². The molecular formula is C14H10Cl2O3. The molecule has 0 unspecified atom stereocenters. The molecule has 1 aromatic carbocycles. The average Bonchev–Trinajstić information content (AvgIpc) is 2.83. The molecule has 0 aliphatic rings. The van der Waals surface area contributed by atoms with Crippen LogP contribution in [0, 0.1) is 0 Å². The predicted molar refractivity (Wildman–Crippen MR) is 75.2 cm³/mol. The lowest BCUT2D eigenvalue weighted by atomic mass is 10.2. The zero-order chi connectivity index (χ0) is 13.8. The minimum absolute atomic E-state index is 0.441. The first-order chi connectivity index (χ1) is 9.08. The van der Waals surface area contributed by atoms with Gasteiger partial charge in [0, 0.05) is 21.7 Å². The van der Waals surface area contributed by atoms with Crippen molar-refractivity contribution in [3.63, 3.8) is 0 Å². The van der Waals surface area contributed by atoms with Gasteiger partial charge in [-0.1, -0.05) is 23.2 Å². The second-order valence-corrected chi connectivity index (χ2v) is 4.59. The first-order valence-corrected chi connectivity index (χ1v) is 6.16. The Morgan fingerprint density at radius 2 is 1.89 bits per heavy atom. The number of esters is 1. The van der Waals surface area contributed by atoms with Crippen LogP contribution in [0.3, 0.4) is 0 Å². The van der Waals surface area contributed by atoms with Crippen molar-refractivity contribution in [2.75, 3.05) is 7.11 Å². The molecule has 0 saturated carbocycles. The minimum atomic E-state index is -0.441. The van der Waals surface area contributed by atoms with E-state index >= 15 is 0 Å². The quantitative estimate of drug-likeness (QED) is 0.621. The van der Waals surface area contributed by atoms with Crippen molar-refractivity contribution in [2.24, 2.45) is 0 Å². The SMILES string of the molecule is COC(=O)/C=C/c1ccc(-c2cc(Cl)cc(Cl)c2)o1. The van der Waals surface area contributed by atoms with Crippen LogP contribution in [0.15, 0.2) is 40.8 Å². The van der Waals surface area contributed by atoms with Gasteiger partial charge in [-0.3, -0.25) is 0 Å². The molecule has 0 N–H and O–H groups in total. The molecule has 1 aromatic heterocycles. The van der Waals surface area contributed by atoms with Crippen molar-refractivity contribution in [1.29, 1.82) is 0 Å². The Hall–Kier alpha value is -1.71. The third-order valence-corrected chi connectivity index (χ3v) is 2.80. The summed E-state index contributed by atoms with van der Waals surface area (Å²) in [5.41, 5.74) is 0.773. The molecule has 3 nitrogen and oxygen atoms in total. The summed E-state index contributed by atoms with van der Waals surface area (Å²) in [6, 6.07) is 8.66. The van der Waals surface area contributed by atoms with E-state index in [0.29, 0.717) is 21.6 Å². The maximum absolute atomic E-state index is 11.0. The summed E-state index contributed by atoms with van der Waals surface area (Å²) in [6.45, 7) is 0. The Morgan fingerprint density at radius 1 is 1.21 bits per heavy atom. The highest BCUT2D eigenvalue weighted by Gasteiger charge is 2.06. The van der Waals surface area contributed by atoms with E-state index < -0.39 is 5.97 Å². The zero-order valence-corrected chi connectivity index (χ0v) is 11.5. The van der Waals surface area contributed by atoms with E-state index in [1.54, 1.807) is 30.3 Å². The molecule has 0 aliphatic heterocycles. The predicted octanol–water partition coefficient (Wildman–Crippen LogP) is 4.44. The van der Waals surface area contributed by atoms with E-state index in [4.69, 9.17) is 27.6 Å². The topological polar surface area (TPSA) is 39.4 Å². The van der Waals surface area contributed by atoms with Crippen molar-refractivity contribution in [2.45, 2.75) is 0 Å². The van der Waals surface area contributed by atoms with Gasteiger partial charge in [0.15, 0.2) is 0 Å². The highest BCUT2D eigenvalue weighted by molar-refractivity contribution is 6.35. The lowest BCUT2D eigenvalue weighted by molar-refractivity contribution is -0.134. The van der Waals surface area contributed by atoms with Gasteiger partial charge in [-0.2, -0.15) is 0 Å². The first-order valence-electron chi connectivity index (χ1n) is 5.41. The van der Waals surface area contributed by atoms with Crippen molar-refractivity contribution in [3.8, 4) is 11.3 Å².